The molecule has 0 spiro atoms. The third-order valence-corrected chi connectivity index (χ3v) is 1.71. The van der Waals surface area contributed by atoms with Crippen LogP contribution in [0.2, 0.25) is 5.15 Å². The molecule has 0 saturated carbocycles. The normalized spacial score (nSPS) is 9.80. The first kappa shape index (κ1) is 11.7. The van der Waals surface area contributed by atoms with E-state index in [9.17, 15) is 4.79 Å². The van der Waals surface area contributed by atoms with Gasteiger partial charge in [0.25, 0.3) is 0 Å². The molecule has 0 unspecified atom stereocenters. The van der Waals surface area contributed by atoms with Gasteiger partial charge in [-0.25, -0.2) is 9.97 Å². The SMILES string of the molecule is CC(=O)OCCNc1nc(C)cc(Cl)n1. The van der Waals surface area contributed by atoms with Gasteiger partial charge in [-0.3, -0.25) is 4.79 Å². The molecule has 1 aromatic heterocycles. The molecule has 1 heterocycles. The van der Waals surface area contributed by atoms with E-state index in [0.29, 0.717) is 17.6 Å². The van der Waals surface area contributed by atoms with Crippen LogP contribution in [0.4, 0.5) is 5.95 Å². The van der Waals surface area contributed by atoms with Crippen molar-refractivity contribution < 1.29 is 9.53 Å². The Morgan fingerprint density at radius 2 is 2.33 bits per heavy atom. The zero-order chi connectivity index (χ0) is 11.3. The fourth-order valence-corrected chi connectivity index (χ4v) is 1.20. The summed E-state index contributed by atoms with van der Waals surface area (Å²) in [5.74, 6) is 0.132. The predicted octanol–water partition coefficient (Wildman–Crippen LogP) is 1.41. The number of aryl methyl sites for hydroxylation is 1. The summed E-state index contributed by atoms with van der Waals surface area (Å²) in [6.07, 6.45) is 0. The van der Waals surface area contributed by atoms with E-state index in [-0.39, 0.29) is 12.6 Å². The summed E-state index contributed by atoms with van der Waals surface area (Å²) in [6, 6.07) is 1.67. The largest absolute Gasteiger partial charge is 0.464 e. The van der Waals surface area contributed by atoms with Crippen LogP contribution >= 0.6 is 11.6 Å². The highest BCUT2D eigenvalue weighted by Gasteiger charge is 1.99. The number of ether oxygens (including phenoxy) is 1. The number of hydrogen-bond donors (Lipinski definition) is 1. The highest BCUT2D eigenvalue weighted by Crippen LogP contribution is 2.08. The highest BCUT2D eigenvalue weighted by atomic mass is 35.5. The fourth-order valence-electron chi connectivity index (χ4n) is 0.967. The van der Waals surface area contributed by atoms with Gasteiger partial charge < -0.3 is 10.1 Å². The molecule has 0 atom stereocenters. The van der Waals surface area contributed by atoms with Gasteiger partial charge in [-0.05, 0) is 13.0 Å². The molecule has 0 aliphatic carbocycles. The van der Waals surface area contributed by atoms with Crippen molar-refractivity contribution in [3.63, 3.8) is 0 Å². The van der Waals surface area contributed by atoms with Crippen LogP contribution in [0.25, 0.3) is 0 Å². The Hall–Kier alpha value is -1.36. The molecule has 1 N–H and O–H groups in total. The van der Waals surface area contributed by atoms with Crippen LogP contribution < -0.4 is 5.32 Å². The third-order valence-electron chi connectivity index (χ3n) is 1.51. The number of aromatic nitrogens is 2. The van der Waals surface area contributed by atoms with Crippen LogP contribution in [0.15, 0.2) is 6.07 Å². The molecule has 0 amide bonds. The number of esters is 1. The minimum Gasteiger partial charge on any atom is -0.464 e. The van der Waals surface area contributed by atoms with Crippen molar-refractivity contribution in [1.82, 2.24) is 9.97 Å². The zero-order valence-electron chi connectivity index (χ0n) is 8.58. The number of carbonyl (C=O) groups excluding carboxylic acids is 1. The number of nitrogens with one attached hydrogen (secondary N) is 1. The Kier molecular flexibility index (Phi) is 4.30. The molecule has 0 aliphatic rings. The van der Waals surface area contributed by atoms with Gasteiger partial charge in [0.15, 0.2) is 0 Å². The Balaban J connectivity index is 2.40. The molecule has 6 heteroatoms. The van der Waals surface area contributed by atoms with E-state index in [0.717, 1.165) is 5.69 Å². The first-order valence-corrected chi connectivity index (χ1v) is 4.84. The van der Waals surface area contributed by atoms with E-state index >= 15 is 0 Å². The molecule has 0 fully saturated rings. The van der Waals surface area contributed by atoms with Crippen molar-refractivity contribution in [2.24, 2.45) is 0 Å². The maximum Gasteiger partial charge on any atom is 0.302 e. The third kappa shape index (κ3) is 4.60. The highest BCUT2D eigenvalue weighted by molar-refractivity contribution is 6.29. The quantitative estimate of drug-likeness (QED) is 0.481. The number of carbonyl (C=O) groups is 1. The molecule has 0 aromatic carbocycles. The monoisotopic (exact) mass is 229 g/mol. The van der Waals surface area contributed by atoms with E-state index in [1.54, 1.807) is 6.07 Å². The minimum absolute atomic E-state index is 0.282. The van der Waals surface area contributed by atoms with Gasteiger partial charge in [-0.2, -0.15) is 0 Å². The van der Waals surface area contributed by atoms with Crippen LogP contribution in [0.1, 0.15) is 12.6 Å². The van der Waals surface area contributed by atoms with Gasteiger partial charge in [-0.1, -0.05) is 11.6 Å². The lowest BCUT2D eigenvalue weighted by molar-refractivity contribution is -0.140. The molecular formula is C9H12ClN3O2. The number of nitrogens with zero attached hydrogens (tertiary/aromatic N) is 2. The molecule has 1 rings (SSSR count). The van der Waals surface area contributed by atoms with Crippen LogP contribution in [0.3, 0.4) is 0 Å². The Bertz CT molecular complexity index is 337. The molecular weight excluding hydrogens is 218 g/mol. The average molecular weight is 230 g/mol. The van der Waals surface area contributed by atoms with Crippen LogP contribution in [0.5, 0.6) is 0 Å². The van der Waals surface area contributed by atoms with Gasteiger partial charge in [0, 0.05) is 12.6 Å². The lowest BCUT2D eigenvalue weighted by Crippen LogP contribution is -2.13. The lowest BCUT2D eigenvalue weighted by atomic mass is 10.5. The summed E-state index contributed by atoms with van der Waals surface area (Å²) >= 11 is 5.74. The lowest BCUT2D eigenvalue weighted by Gasteiger charge is -2.05. The topological polar surface area (TPSA) is 64.1 Å². The van der Waals surface area contributed by atoms with E-state index in [1.165, 1.54) is 6.92 Å². The summed E-state index contributed by atoms with van der Waals surface area (Å²) < 4.78 is 4.73. The molecule has 5 nitrogen and oxygen atoms in total. The van der Waals surface area contributed by atoms with Crippen molar-refractivity contribution in [3.05, 3.63) is 16.9 Å². The number of halogens is 1. The van der Waals surface area contributed by atoms with Crippen molar-refractivity contribution >= 4 is 23.5 Å². The summed E-state index contributed by atoms with van der Waals surface area (Å²) in [5.41, 5.74) is 0.782. The summed E-state index contributed by atoms with van der Waals surface area (Å²) in [4.78, 5) is 18.5. The second kappa shape index (κ2) is 5.50. The second-order valence-corrected chi connectivity index (χ2v) is 3.31. The van der Waals surface area contributed by atoms with E-state index in [2.05, 4.69) is 15.3 Å². The predicted molar refractivity (Wildman–Crippen MR) is 56.9 cm³/mol. The van der Waals surface area contributed by atoms with Crippen LogP contribution in [0, 0.1) is 6.92 Å². The number of anilines is 1. The standard InChI is InChI=1S/C9H12ClN3O2/c1-6-5-8(10)13-9(12-6)11-3-4-15-7(2)14/h5H,3-4H2,1-2H3,(H,11,12,13). The minimum atomic E-state index is -0.306. The summed E-state index contributed by atoms with van der Waals surface area (Å²) in [7, 11) is 0. The van der Waals surface area contributed by atoms with E-state index in [4.69, 9.17) is 16.3 Å². The van der Waals surface area contributed by atoms with Crippen molar-refractivity contribution in [2.45, 2.75) is 13.8 Å². The smallest absolute Gasteiger partial charge is 0.302 e. The van der Waals surface area contributed by atoms with Crippen molar-refractivity contribution in [1.29, 1.82) is 0 Å². The zero-order valence-corrected chi connectivity index (χ0v) is 9.34. The molecule has 1 aromatic rings. The number of hydrogen-bond acceptors (Lipinski definition) is 5. The Morgan fingerprint density at radius 1 is 1.60 bits per heavy atom. The first-order valence-electron chi connectivity index (χ1n) is 4.46. The van der Waals surface area contributed by atoms with Gasteiger partial charge >= 0.3 is 5.97 Å². The van der Waals surface area contributed by atoms with Gasteiger partial charge in [0.05, 0.1) is 6.54 Å². The molecule has 15 heavy (non-hydrogen) atoms. The van der Waals surface area contributed by atoms with Crippen LogP contribution in [-0.2, 0) is 9.53 Å². The Labute approximate surface area is 92.8 Å². The van der Waals surface area contributed by atoms with Crippen molar-refractivity contribution in [2.75, 3.05) is 18.5 Å². The van der Waals surface area contributed by atoms with E-state index in [1.807, 2.05) is 6.92 Å². The molecule has 0 bridgehead atoms. The maximum atomic E-state index is 10.5. The van der Waals surface area contributed by atoms with Gasteiger partial charge in [0.2, 0.25) is 5.95 Å². The second-order valence-electron chi connectivity index (χ2n) is 2.92. The Morgan fingerprint density at radius 3 is 2.93 bits per heavy atom. The molecule has 82 valence electrons. The molecule has 0 saturated heterocycles. The van der Waals surface area contributed by atoms with E-state index < -0.39 is 0 Å². The summed E-state index contributed by atoms with van der Waals surface area (Å²) in [5, 5.41) is 3.28. The fraction of sp³-hybridized carbons (Fsp3) is 0.444. The van der Waals surface area contributed by atoms with Crippen LogP contribution in [-0.4, -0.2) is 29.1 Å². The summed E-state index contributed by atoms with van der Waals surface area (Å²) in [6.45, 7) is 3.93. The van der Waals surface area contributed by atoms with Crippen molar-refractivity contribution in [3.8, 4) is 0 Å². The first-order chi connectivity index (χ1) is 7.08. The van der Waals surface area contributed by atoms with Gasteiger partial charge in [0.1, 0.15) is 11.8 Å². The number of rotatable bonds is 4. The molecule has 0 aliphatic heterocycles. The molecule has 0 radical (unpaired) electrons. The van der Waals surface area contributed by atoms with Gasteiger partial charge in [-0.15, -0.1) is 0 Å². The average Bonchev–Trinajstić information content (AvgIpc) is 2.10. The maximum absolute atomic E-state index is 10.5.